The number of aryl methyl sites for hydroxylation is 1. The summed E-state index contributed by atoms with van der Waals surface area (Å²) in [6, 6.07) is 28.7. The number of nitrogens with zero attached hydrogens (tertiary/aromatic N) is 1. The molecule has 4 aromatic carbocycles. The quantitative estimate of drug-likeness (QED) is 0.159. The van der Waals surface area contributed by atoms with E-state index >= 15 is 0 Å². The number of para-hydroxylation sites is 1. The Kier molecular flexibility index (Phi) is 9.64. The summed E-state index contributed by atoms with van der Waals surface area (Å²) in [7, 11) is 0. The molecule has 0 fully saturated rings. The first-order chi connectivity index (χ1) is 20.4. The van der Waals surface area contributed by atoms with Crippen LogP contribution in [-0.4, -0.2) is 30.0 Å². The molecule has 0 aromatic heterocycles. The normalized spacial score (nSPS) is 12.8. The van der Waals surface area contributed by atoms with Gasteiger partial charge >= 0.3 is 0 Å². The average Bonchev–Trinajstić information content (AvgIpc) is 3.01. The van der Waals surface area contributed by atoms with E-state index in [0.717, 1.165) is 30.0 Å². The maximum Gasteiger partial charge on any atom is 0.272 e. The number of carbonyl (C=O) groups excluding carboxylic acids is 3. The largest absolute Gasteiger partial charge is 0.321 e. The highest BCUT2D eigenvalue weighted by atomic mass is 35.5. The zero-order chi connectivity index (χ0) is 29.5. The molecule has 0 radical (unpaired) electrons. The van der Waals surface area contributed by atoms with Crippen molar-refractivity contribution < 1.29 is 14.4 Å². The maximum atomic E-state index is 13.3. The smallest absolute Gasteiger partial charge is 0.272 e. The van der Waals surface area contributed by atoms with Crippen LogP contribution in [0.25, 0.3) is 6.08 Å². The molecule has 1 aliphatic heterocycles. The standard InChI is InChI=1S/C33H27Cl2N3O3S/c34-25-13-12-24(28(35)20-25)19-29(37-32(40)23-8-2-1-3-9-23)33(41)36-26-14-16-27(17-15-26)42-21-31(39)38-18-6-10-22-7-4-5-11-30(22)38/h1-5,7-9,11-17,19-20H,6,10,18,21H2,(H,36,41)(H,37,40)/b29-19-. The Labute approximate surface area is 258 Å². The molecular weight excluding hydrogens is 589 g/mol. The lowest BCUT2D eigenvalue weighted by molar-refractivity contribution is -0.116. The monoisotopic (exact) mass is 615 g/mol. The summed E-state index contributed by atoms with van der Waals surface area (Å²) >= 11 is 13.8. The van der Waals surface area contributed by atoms with Crippen molar-refractivity contribution in [3.8, 4) is 0 Å². The molecule has 5 rings (SSSR count). The second-order valence-corrected chi connectivity index (χ2v) is 11.5. The van der Waals surface area contributed by atoms with E-state index in [0.29, 0.717) is 32.6 Å². The Morgan fingerprint density at radius 1 is 0.881 bits per heavy atom. The van der Waals surface area contributed by atoms with Crippen LogP contribution in [0.3, 0.4) is 0 Å². The number of benzene rings is 4. The van der Waals surface area contributed by atoms with E-state index < -0.39 is 11.8 Å². The van der Waals surface area contributed by atoms with E-state index in [1.807, 2.05) is 35.2 Å². The molecule has 0 saturated heterocycles. The lowest BCUT2D eigenvalue weighted by Gasteiger charge is -2.29. The van der Waals surface area contributed by atoms with Gasteiger partial charge in [0.15, 0.2) is 0 Å². The van der Waals surface area contributed by atoms with Crippen LogP contribution in [0.5, 0.6) is 0 Å². The Morgan fingerprint density at radius 3 is 2.38 bits per heavy atom. The van der Waals surface area contributed by atoms with Gasteiger partial charge in [0.2, 0.25) is 5.91 Å². The third-order valence-corrected chi connectivity index (χ3v) is 8.24. The number of hydrogen-bond donors (Lipinski definition) is 2. The Hall–Kier alpha value is -4.04. The first-order valence-corrected chi connectivity index (χ1v) is 15.1. The number of nitrogens with one attached hydrogen (secondary N) is 2. The van der Waals surface area contributed by atoms with E-state index in [1.54, 1.807) is 60.7 Å². The Morgan fingerprint density at radius 2 is 1.62 bits per heavy atom. The minimum absolute atomic E-state index is 0.0129. The zero-order valence-corrected chi connectivity index (χ0v) is 24.8. The number of halogens is 2. The molecule has 0 aliphatic carbocycles. The first-order valence-electron chi connectivity index (χ1n) is 13.3. The van der Waals surface area contributed by atoms with Gasteiger partial charge in [-0.3, -0.25) is 14.4 Å². The molecule has 9 heteroatoms. The highest BCUT2D eigenvalue weighted by molar-refractivity contribution is 8.00. The van der Waals surface area contributed by atoms with Crippen LogP contribution in [0.2, 0.25) is 10.0 Å². The van der Waals surface area contributed by atoms with E-state index in [4.69, 9.17) is 23.2 Å². The molecule has 2 N–H and O–H groups in total. The summed E-state index contributed by atoms with van der Waals surface area (Å²) in [6.45, 7) is 0.721. The summed E-state index contributed by atoms with van der Waals surface area (Å²) < 4.78 is 0. The van der Waals surface area contributed by atoms with Gasteiger partial charge in [0.05, 0.1) is 5.75 Å². The molecule has 42 heavy (non-hydrogen) atoms. The predicted octanol–water partition coefficient (Wildman–Crippen LogP) is 7.47. The third kappa shape index (κ3) is 7.42. The number of hydrogen-bond acceptors (Lipinski definition) is 4. The van der Waals surface area contributed by atoms with E-state index in [1.165, 1.54) is 23.4 Å². The fourth-order valence-electron chi connectivity index (χ4n) is 4.57. The van der Waals surface area contributed by atoms with E-state index in [2.05, 4.69) is 16.7 Å². The molecule has 0 unspecified atom stereocenters. The molecule has 1 heterocycles. The molecule has 0 bridgehead atoms. The number of carbonyl (C=O) groups is 3. The summed E-state index contributed by atoms with van der Waals surface area (Å²) in [5.41, 5.74) is 3.67. The summed E-state index contributed by atoms with van der Waals surface area (Å²) in [6.07, 6.45) is 3.44. The summed E-state index contributed by atoms with van der Waals surface area (Å²) in [4.78, 5) is 42.0. The van der Waals surface area contributed by atoms with Crippen LogP contribution in [0.4, 0.5) is 11.4 Å². The minimum Gasteiger partial charge on any atom is -0.321 e. The number of thioether (sulfide) groups is 1. The highest BCUT2D eigenvalue weighted by Crippen LogP contribution is 2.29. The van der Waals surface area contributed by atoms with Crippen molar-refractivity contribution in [2.75, 3.05) is 22.5 Å². The van der Waals surface area contributed by atoms with Crippen molar-refractivity contribution in [3.63, 3.8) is 0 Å². The van der Waals surface area contributed by atoms with E-state index in [-0.39, 0.29) is 11.6 Å². The van der Waals surface area contributed by atoms with Crippen molar-refractivity contribution in [1.82, 2.24) is 5.32 Å². The van der Waals surface area contributed by atoms with Gasteiger partial charge in [-0.15, -0.1) is 11.8 Å². The van der Waals surface area contributed by atoms with Gasteiger partial charge in [-0.2, -0.15) is 0 Å². The fourth-order valence-corrected chi connectivity index (χ4v) is 5.80. The fraction of sp³-hybridized carbons (Fsp3) is 0.121. The SMILES string of the molecule is O=C(Nc1ccc(SCC(=O)N2CCCc3ccccc32)cc1)/C(=C/c1ccc(Cl)cc1Cl)NC(=O)c1ccccc1. The van der Waals surface area contributed by atoms with Crippen LogP contribution in [0.15, 0.2) is 108 Å². The minimum atomic E-state index is -0.523. The molecule has 0 atom stereocenters. The van der Waals surface area contributed by atoms with Crippen molar-refractivity contribution >= 4 is 70.1 Å². The van der Waals surface area contributed by atoms with Crippen molar-refractivity contribution in [3.05, 3.63) is 129 Å². The first kappa shape index (κ1) is 29.5. The Balaban J connectivity index is 1.26. The molecule has 0 spiro atoms. The van der Waals surface area contributed by atoms with Crippen molar-refractivity contribution in [2.45, 2.75) is 17.7 Å². The van der Waals surface area contributed by atoms with Gasteiger partial charge < -0.3 is 15.5 Å². The highest BCUT2D eigenvalue weighted by Gasteiger charge is 2.22. The summed E-state index contributed by atoms with van der Waals surface area (Å²) in [5.74, 6) is -0.589. The maximum absolute atomic E-state index is 13.3. The summed E-state index contributed by atoms with van der Waals surface area (Å²) in [5, 5.41) is 6.32. The van der Waals surface area contributed by atoms with Gasteiger partial charge in [0.1, 0.15) is 5.70 Å². The number of amides is 3. The number of fused-ring (bicyclic) bond motifs is 1. The van der Waals surface area contributed by atoms with Crippen LogP contribution >= 0.6 is 35.0 Å². The van der Waals surface area contributed by atoms with Crippen LogP contribution in [-0.2, 0) is 16.0 Å². The molecule has 4 aromatic rings. The van der Waals surface area contributed by atoms with Gasteiger partial charge in [0.25, 0.3) is 11.8 Å². The van der Waals surface area contributed by atoms with Gasteiger partial charge in [-0.05, 0) is 84.6 Å². The predicted molar refractivity (Wildman–Crippen MR) is 171 cm³/mol. The number of anilines is 2. The molecule has 6 nitrogen and oxygen atoms in total. The van der Waals surface area contributed by atoms with Crippen molar-refractivity contribution in [2.24, 2.45) is 0 Å². The second-order valence-electron chi connectivity index (χ2n) is 9.59. The molecule has 1 aliphatic rings. The third-order valence-electron chi connectivity index (χ3n) is 6.68. The second kappa shape index (κ2) is 13.7. The van der Waals surface area contributed by atoms with Gasteiger partial charge in [-0.1, -0.05) is 65.7 Å². The lowest BCUT2D eigenvalue weighted by atomic mass is 10.0. The molecule has 212 valence electrons. The van der Waals surface area contributed by atoms with Gasteiger partial charge in [-0.25, -0.2) is 0 Å². The van der Waals surface area contributed by atoms with Crippen LogP contribution < -0.4 is 15.5 Å². The average molecular weight is 617 g/mol. The topological polar surface area (TPSA) is 78.5 Å². The molecular formula is C33H27Cl2N3O3S. The molecule has 0 saturated carbocycles. The van der Waals surface area contributed by atoms with E-state index in [9.17, 15) is 14.4 Å². The zero-order valence-electron chi connectivity index (χ0n) is 22.5. The number of rotatable bonds is 8. The van der Waals surface area contributed by atoms with Crippen LogP contribution in [0.1, 0.15) is 27.9 Å². The molecule has 3 amide bonds. The van der Waals surface area contributed by atoms with Gasteiger partial charge in [0, 0.05) is 38.4 Å². The Bertz CT molecular complexity index is 1640. The van der Waals surface area contributed by atoms with Crippen molar-refractivity contribution in [1.29, 1.82) is 0 Å². The van der Waals surface area contributed by atoms with Crippen LogP contribution in [0, 0.1) is 0 Å². The lowest BCUT2D eigenvalue weighted by Crippen LogP contribution is -2.36.